The van der Waals surface area contributed by atoms with Crippen molar-refractivity contribution in [3.8, 4) is 51.7 Å². The number of aliphatic hydroxyl groups excluding tert-OH is 4. The van der Waals surface area contributed by atoms with Crippen molar-refractivity contribution in [2.75, 3.05) is 0 Å². The fourth-order valence-corrected chi connectivity index (χ4v) is 7.06. The van der Waals surface area contributed by atoms with Gasteiger partial charge in [-0.05, 0) is 42.3 Å². The first-order valence-corrected chi connectivity index (χ1v) is 16.0. The van der Waals surface area contributed by atoms with Gasteiger partial charge in [0.05, 0.1) is 18.1 Å². The number of ether oxygens (including phenoxy) is 4. The third-order valence-corrected chi connectivity index (χ3v) is 9.64. The smallest absolute Gasteiger partial charge is 0.187 e. The van der Waals surface area contributed by atoms with E-state index in [0.717, 1.165) is 12.1 Å². The quantitative estimate of drug-likeness (QED) is 0.133. The van der Waals surface area contributed by atoms with Gasteiger partial charge in [-0.15, -0.1) is 0 Å². The van der Waals surface area contributed by atoms with Crippen LogP contribution in [0.5, 0.6) is 51.7 Å². The van der Waals surface area contributed by atoms with Crippen molar-refractivity contribution in [2.24, 2.45) is 0 Å². The molecule has 0 bridgehead atoms. The highest BCUT2D eigenvalue weighted by Gasteiger charge is 2.51. The summed E-state index contributed by atoms with van der Waals surface area (Å²) in [5.74, 6) is -4.47. The minimum absolute atomic E-state index is 0.0384. The van der Waals surface area contributed by atoms with Crippen LogP contribution in [0.3, 0.4) is 0 Å². The van der Waals surface area contributed by atoms with Gasteiger partial charge in [0.2, 0.25) is 0 Å². The molecule has 4 aromatic rings. The minimum Gasteiger partial charge on any atom is -0.508 e. The standard InChI is InChI=1S/C36H36O15/c1-13-29(45)30(46)31(47)36(48-13)51-35-28(26-22(42)9-17(38)10-25(26)49-33(35)14-2-5-16(37)6-3-14)27-23(43)12-20(40)18-11-24(44)32(50-34(18)27)15-4-7-19(39)21(41)8-15/h2-10,12-13,24,28-33,35-47H,11H2,1H3. The lowest BCUT2D eigenvalue weighted by molar-refractivity contribution is -0.312. The molecule has 3 aliphatic rings. The number of aliphatic hydroxyl groups is 4. The van der Waals surface area contributed by atoms with Crippen molar-refractivity contribution in [2.45, 2.75) is 74.4 Å². The van der Waals surface area contributed by atoms with Crippen molar-refractivity contribution in [1.82, 2.24) is 0 Å². The Morgan fingerprint density at radius 1 is 0.608 bits per heavy atom. The zero-order valence-corrected chi connectivity index (χ0v) is 26.8. The molecule has 15 nitrogen and oxygen atoms in total. The molecule has 0 aliphatic carbocycles. The molecule has 51 heavy (non-hydrogen) atoms. The molecular weight excluding hydrogens is 672 g/mol. The average Bonchev–Trinajstić information content (AvgIpc) is 3.08. The van der Waals surface area contributed by atoms with E-state index in [0.29, 0.717) is 5.56 Å². The van der Waals surface area contributed by atoms with Gasteiger partial charge in [0, 0.05) is 41.3 Å². The Kier molecular flexibility index (Phi) is 8.65. The lowest BCUT2D eigenvalue weighted by Crippen LogP contribution is -2.58. The van der Waals surface area contributed by atoms with E-state index < -0.39 is 89.8 Å². The number of phenolic OH excluding ortho intramolecular Hbond substituents is 7. The molecule has 0 spiro atoms. The monoisotopic (exact) mass is 708 g/mol. The van der Waals surface area contributed by atoms with Crippen molar-refractivity contribution in [3.05, 3.63) is 88.5 Å². The Morgan fingerprint density at radius 3 is 2.00 bits per heavy atom. The Balaban J connectivity index is 1.45. The zero-order chi connectivity index (χ0) is 36.5. The van der Waals surface area contributed by atoms with Gasteiger partial charge >= 0.3 is 0 Å². The second-order valence-corrected chi connectivity index (χ2v) is 13.0. The van der Waals surface area contributed by atoms with Gasteiger partial charge in [0.1, 0.15) is 70.8 Å². The average molecular weight is 709 g/mol. The molecule has 7 rings (SSSR count). The topological polar surface area (TPSA) is 259 Å². The highest BCUT2D eigenvalue weighted by molar-refractivity contribution is 5.66. The second-order valence-electron chi connectivity index (χ2n) is 13.0. The fraction of sp³-hybridized carbons (Fsp3) is 0.333. The van der Waals surface area contributed by atoms with Gasteiger partial charge < -0.3 is 75.1 Å². The number of hydrogen-bond acceptors (Lipinski definition) is 15. The predicted molar refractivity (Wildman–Crippen MR) is 173 cm³/mol. The molecule has 0 radical (unpaired) electrons. The fourth-order valence-electron chi connectivity index (χ4n) is 7.06. The van der Waals surface area contributed by atoms with Gasteiger partial charge in [-0.25, -0.2) is 0 Å². The van der Waals surface area contributed by atoms with Crippen LogP contribution in [0.4, 0.5) is 0 Å². The van der Waals surface area contributed by atoms with Gasteiger partial charge in [-0.3, -0.25) is 0 Å². The molecule has 0 amide bonds. The second kappa shape index (κ2) is 12.9. The molecule has 4 aromatic carbocycles. The summed E-state index contributed by atoms with van der Waals surface area (Å²) in [6.45, 7) is 1.45. The molecule has 10 atom stereocenters. The normalized spacial score (nSPS) is 30.1. The molecule has 3 heterocycles. The third-order valence-electron chi connectivity index (χ3n) is 9.64. The Labute approximate surface area is 289 Å². The molecular formula is C36H36O15. The van der Waals surface area contributed by atoms with E-state index in [1.54, 1.807) is 0 Å². The van der Waals surface area contributed by atoms with Gasteiger partial charge in [0.25, 0.3) is 0 Å². The molecule has 15 heteroatoms. The van der Waals surface area contributed by atoms with E-state index in [-0.39, 0.29) is 51.7 Å². The van der Waals surface area contributed by atoms with Crippen LogP contribution in [0.1, 0.15) is 52.9 Å². The summed E-state index contributed by atoms with van der Waals surface area (Å²) in [6, 6.07) is 12.8. The highest BCUT2D eigenvalue weighted by Crippen LogP contribution is 2.58. The van der Waals surface area contributed by atoms with Crippen molar-refractivity contribution < 1.29 is 75.1 Å². The van der Waals surface area contributed by atoms with E-state index in [9.17, 15) is 56.2 Å². The predicted octanol–water partition coefficient (Wildman–Crippen LogP) is 2.14. The molecule has 0 saturated carbocycles. The summed E-state index contributed by atoms with van der Waals surface area (Å²) in [5, 5.41) is 118. The van der Waals surface area contributed by atoms with Crippen molar-refractivity contribution in [3.63, 3.8) is 0 Å². The van der Waals surface area contributed by atoms with Crippen LogP contribution in [0.2, 0.25) is 0 Å². The lowest BCUT2D eigenvalue weighted by Gasteiger charge is -2.45. The Bertz CT molecular complexity index is 1950. The summed E-state index contributed by atoms with van der Waals surface area (Å²) >= 11 is 0. The summed E-state index contributed by atoms with van der Waals surface area (Å²) in [4.78, 5) is 0. The Hall–Kier alpha value is -5.16. The maximum atomic E-state index is 11.7. The lowest BCUT2D eigenvalue weighted by atomic mass is 9.77. The first-order chi connectivity index (χ1) is 24.2. The van der Waals surface area contributed by atoms with Crippen LogP contribution in [0.15, 0.2) is 60.7 Å². The van der Waals surface area contributed by atoms with Crippen LogP contribution in [0, 0.1) is 0 Å². The summed E-state index contributed by atoms with van der Waals surface area (Å²) in [7, 11) is 0. The summed E-state index contributed by atoms with van der Waals surface area (Å²) < 4.78 is 24.9. The molecule has 1 fully saturated rings. The first kappa shape index (κ1) is 34.3. The number of fused-ring (bicyclic) bond motifs is 2. The third kappa shape index (κ3) is 5.93. The maximum Gasteiger partial charge on any atom is 0.187 e. The minimum atomic E-state index is -1.80. The first-order valence-electron chi connectivity index (χ1n) is 16.0. The maximum absolute atomic E-state index is 11.7. The zero-order valence-electron chi connectivity index (χ0n) is 26.8. The van der Waals surface area contributed by atoms with Gasteiger partial charge in [0.15, 0.2) is 23.9 Å². The largest absolute Gasteiger partial charge is 0.508 e. The summed E-state index contributed by atoms with van der Waals surface area (Å²) in [6.07, 6.45) is -13.0. The number of benzene rings is 4. The van der Waals surface area contributed by atoms with E-state index in [2.05, 4.69) is 0 Å². The van der Waals surface area contributed by atoms with Gasteiger partial charge in [-0.2, -0.15) is 0 Å². The number of rotatable bonds is 5. The van der Waals surface area contributed by atoms with Crippen LogP contribution in [0.25, 0.3) is 0 Å². The van der Waals surface area contributed by atoms with Crippen molar-refractivity contribution >= 4 is 0 Å². The molecule has 11 N–H and O–H groups in total. The van der Waals surface area contributed by atoms with Crippen molar-refractivity contribution in [1.29, 1.82) is 0 Å². The van der Waals surface area contributed by atoms with E-state index in [1.807, 2.05) is 0 Å². The number of aromatic hydroxyl groups is 7. The number of phenols is 7. The van der Waals surface area contributed by atoms with Gasteiger partial charge in [-0.1, -0.05) is 18.2 Å². The SMILES string of the molecule is CC1OC(OC2C(c3ccc(O)cc3)Oc3cc(O)cc(O)c3C2c2c(O)cc(O)c3c2OC(c2ccc(O)c(O)c2)C(O)C3)C(O)C(O)C1O. The molecule has 3 aliphatic heterocycles. The molecule has 1 saturated heterocycles. The van der Waals surface area contributed by atoms with E-state index in [1.165, 1.54) is 55.5 Å². The number of hydrogen-bond donors (Lipinski definition) is 11. The van der Waals surface area contributed by atoms with Crippen LogP contribution >= 0.6 is 0 Å². The van der Waals surface area contributed by atoms with Crippen LogP contribution in [-0.2, 0) is 15.9 Å². The highest BCUT2D eigenvalue weighted by atomic mass is 16.7. The molecule has 0 aromatic heterocycles. The summed E-state index contributed by atoms with van der Waals surface area (Å²) in [5.41, 5.74) is 0.523. The molecule has 270 valence electrons. The van der Waals surface area contributed by atoms with Crippen LogP contribution in [-0.4, -0.2) is 99.1 Å². The Morgan fingerprint density at radius 2 is 1.29 bits per heavy atom. The van der Waals surface area contributed by atoms with E-state index >= 15 is 0 Å². The van der Waals surface area contributed by atoms with Crippen LogP contribution < -0.4 is 9.47 Å². The molecule has 10 unspecified atom stereocenters. The van der Waals surface area contributed by atoms with E-state index in [4.69, 9.17) is 18.9 Å².